The van der Waals surface area contributed by atoms with Crippen molar-refractivity contribution in [3.63, 3.8) is 0 Å². The van der Waals surface area contributed by atoms with E-state index in [0.29, 0.717) is 23.1 Å². The van der Waals surface area contributed by atoms with E-state index in [-0.39, 0.29) is 12.5 Å². The van der Waals surface area contributed by atoms with E-state index in [9.17, 15) is 18.0 Å². The maximum Gasteiger partial charge on any atom is 0.244 e. The zero-order chi connectivity index (χ0) is 26.8. The van der Waals surface area contributed by atoms with Gasteiger partial charge in [0.15, 0.2) is 0 Å². The predicted molar refractivity (Wildman–Crippen MR) is 151 cm³/mol. The van der Waals surface area contributed by atoms with Gasteiger partial charge in [0, 0.05) is 24.0 Å². The lowest BCUT2D eigenvalue weighted by molar-refractivity contribution is -0.140. The summed E-state index contributed by atoms with van der Waals surface area (Å²) in [5.74, 6) is -0.745. The van der Waals surface area contributed by atoms with Crippen LogP contribution < -0.4 is 9.62 Å². The second-order valence-corrected chi connectivity index (χ2v) is 11.6. The quantitative estimate of drug-likeness (QED) is 0.342. The first-order chi connectivity index (χ1) is 17.7. The van der Waals surface area contributed by atoms with E-state index in [1.807, 2.05) is 67.6 Å². The van der Waals surface area contributed by atoms with Crippen LogP contribution in [0.1, 0.15) is 24.5 Å². The molecule has 0 aromatic heterocycles. The van der Waals surface area contributed by atoms with Crippen LogP contribution in [0.25, 0.3) is 0 Å². The predicted octanol–water partition coefficient (Wildman–Crippen LogP) is 4.38. The van der Waals surface area contributed by atoms with Gasteiger partial charge in [-0.2, -0.15) is 0 Å². The van der Waals surface area contributed by atoms with Crippen LogP contribution in [-0.2, 0) is 32.6 Å². The van der Waals surface area contributed by atoms with Crippen molar-refractivity contribution in [2.24, 2.45) is 0 Å². The molecule has 37 heavy (non-hydrogen) atoms. The Morgan fingerprint density at radius 2 is 1.54 bits per heavy atom. The van der Waals surface area contributed by atoms with Crippen molar-refractivity contribution in [1.82, 2.24) is 10.2 Å². The molecule has 3 aromatic carbocycles. The zero-order valence-electron chi connectivity index (χ0n) is 21.0. The van der Waals surface area contributed by atoms with Crippen LogP contribution in [0.4, 0.5) is 5.69 Å². The van der Waals surface area contributed by atoms with Gasteiger partial charge in [-0.05, 0) is 35.7 Å². The molecule has 0 aliphatic rings. The third-order valence-electron chi connectivity index (χ3n) is 5.79. The van der Waals surface area contributed by atoms with Gasteiger partial charge in [0.05, 0.1) is 11.9 Å². The molecule has 0 radical (unpaired) electrons. The number of hydrogen-bond acceptors (Lipinski definition) is 4. The topological polar surface area (TPSA) is 86.8 Å². The average molecular weight is 587 g/mol. The Labute approximate surface area is 227 Å². The maximum absolute atomic E-state index is 13.9. The molecule has 0 saturated heterocycles. The monoisotopic (exact) mass is 585 g/mol. The maximum atomic E-state index is 13.9. The Kier molecular flexibility index (Phi) is 10.3. The Morgan fingerprint density at radius 3 is 2.11 bits per heavy atom. The highest BCUT2D eigenvalue weighted by molar-refractivity contribution is 9.10. The summed E-state index contributed by atoms with van der Waals surface area (Å²) in [6, 6.07) is 24.8. The van der Waals surface area contributed by atoms with Gasteiger partial charge in [0.2, 0.25) is 21.8 Å². The van der Waals surface area contributed by atoms with E-state index in [2.05, 4.69) is 21.2 Å². The van der Waals surface area contributed by atoms with Crippen molar-refractivity contribution in [2.45, 2.75) is 32.4 Å². The van der Waals surface area contributed by atoms with Crippen molar-refractivity contribution in [3.8, 4) is 0 Å². The molecule has 0 aliphatic carbocycles. The fourth-order valence-corrected chi connectivity index (χ4v) is 5.17. The highest BCUT2D eigenvalue weighted by Crippen LogP contribution is 2.23. The van der Waals surface area contributed by atoms with E-state index < -0.39 is 28.5 Å². The van der Waals surface area contributed by atoms with Crippen molar-refractivity contribution >= 4 is 43.5 Å². The summed E-state index contributed by atoms with van der Waals surface area (Å²) in [6.45, 7) is 2.16. The average Bonchev–Trinajstić information content (AvgIpc) is 2.88. The van der Waals surface area contributed by atoms with Gasteiger partial charge in [-0.1, -0.05) is 89.6 Å². The Hall–Kier alpha value is -3.17. The number of anilines is 1. The fraction of sp³-hybridized carbons (Fsp3) is 0.286. The normalized spacial score (nSPS) is 12.0. The molecule has 9 heteroatoms. The lowest BCUT2D eigenvalue weighted by Crippen LogP contribution is -2.53. The Morgan fingerprint density at radius 1 is 0.919 bits per heavy atom. The lowest BCUT2D eigenvalue weighted by atomic mass is 10.0. The number of carbonyl (C=O) groups is 2. The van der Waals surface area contributed by atoms with E-state index in [1.165, 1.54) is 4.90 Å². The molecule has 1 atom stereocenters. The van der Waals surface area contributed by atoms with Gasteiger partial charge < -0.3 is 10.2 Å². The second kappa shape index (κ2) is 13.4. The second-order valence-electron chi connectivity index (χ2n) is 8.75. The smallest absolute Gasteiger partial charge is 0.244 e. The third kappa shape index (κ3) is 8.43. The lowest BCUT2D eigenvalue weighted by Gasteiger charge is -2.33. The largest absolute Gasteiger partial charge is 0.354 e. The number of halogens is 1. The van der Waals surface area contributed by atoms with Gasteiger partial charge in [-0.25, -0.2) is 8.42 Å². The fourth-order valence-electron chi connectivity index (χ4n) is 3.95. The van der Waals surface area contributed by atoms with Crippen LogP contribution in [-0.4, -0.2) is 50.5 Å². The van der Waals surface area contributed by atoms with Gasteiger partial charge in [0.25, 0.3) is 0 Å². The molecule has 0 aliphatic heterocycles. The van der Waals surface area contributed by atoms with Gasteiger partial charge in [-0.15, -0.1) is 0 Å². The summed E-state index contributed by atoms with van der Waals surface area (Å²) in [5.41, 5.74) is 2.10. The van der Waals surface area contributed by atoms with E-state index in [1.54, 1.807) is 24.3 Å². The number of sulfonamides is 1. The molecular weight excluding hydrogens is 554 g/mol. The molecule has 0 heterocycles. The Bertz CT molecular complexity index is 1290. The van der Waals surface area contributed by atoms with Gasteiger partial charge >= 0.3 is 0 Å². The highest BCUT2D eigenvalue weighted by atomic mass is 79.9. The van der Waals surface area contributed by atoms with Crippen LogP contribution in [0.2, 0.25) is 0 Å². The first-order valence-corrected chi connectivity index (χ1v) is 14.7. The molecule has 3 aromatic rings. The minimum atomic E-state index is -3.79. The van der Waals surface area contributed by atoms with Gasteiger partial charge in [-0.3, -0.25) is 13.9 Å². The number of rotatable bonds is 12. The summed E-state index contributed by atoms with van der Waals surface area (Å²) < 4.78 is 27.3. The number of hydrogen-bond donors (Lipinski definition) is 1. The molecular formula is C28H32BrN3O4S. The molecule has 0 spiro atoms. The molecule has 3 rings (SSSR count). The van der Waals surface area contributed by atoms with Crippen molar-refractivity contribution in [1.29, 1.82) is 0 Å². The molecule has 0 saturated carbocycles. The van der Waals surface area contributed by atoms with Crippen LogP contribution in [0.15, 0.2) is 89.4 Å². The molecule has 0 fully saturated rings. The number of amides is 2. The van der Waals surface area contributed by atoms with E-state index in [0.717, 1.165) is 28.1 Å². The molecule has 1 N–H and O–H groups in total. The van der Waals surface area contributed by atoms with Crippen molar-refractivity contribution in [3.05, 3.63) is 101 Å². The minimum Gasteiger partial charge on any atom is -0.354 e. The summed E-state index contributed by atoms with van der Waals surface area (Å²) >= 11 is 3.37. The van der Waals surface area contributed by atoms with Crippen LogP contribution in [0.5, 0.6) is 0 Å². The first-order valence-electron chi connectivity index (χ1n) is 12.1. The molecule has 196 valence electrons. The van der Waals surface area contributed by atoms with Crippen LogP contribution >= 0.6 is 15.9 Å². The summed E-state index contributed by atoms with van der Waals surface area (Å²) in [4.78, 5) is 28.8. The standard InChI is InChI=1S/C28H32BrN3O4S/c1-3-17-30-28(34)26(18-22-11-6-4-7-12-22)31(20-23-13-8-5-9-14-23)27(33)21-32(37(2,35)36)25-16-10-15-24(29)19-25/h4-16,19,26H,3,17-18,20-21H2,1-2H3,(H,30,34). The SMILES string of the molecule is CCCNC(=O)C(Cc1ccccc1)N(Cc1ccccc1)C(=O)CN(c1cccc(Br)c1)S(C)(=O)=O. The molecule has 1 unspecified atom stereocenters. The number of nitrogens with one attached hydrogen (secondary N) is 1. The summed E-state index contributed by atoms with van der Waals surface area (Å²) in [6.07, 6.45) is 2.12. The number of carbonyl (C=O) groups excluding carboxylic acids is 2. The van der Waals surface area contributed by atoms with E-state index in [4.69, 9.17) is 0 Å². The van der Waals surface area contributed by atoms with Crippen LogP contribution in [0.3, 0.4) is 0 Å². The van der Waals surface area contributed by atoms with E-state index >= 15 is 0 Å². The highest BCUT2D eigenvalue weighted by Gasteiger charge is 2.32. The summed E-state index contributed by atoms with van der Waals surface area (Å²) in [7, 11) is -3.79. The molecule has 0 bridgehead atoms. The number of nitrogens with zero attached hydrogens (tertiary/aromatic N) is 2. The number of benzene rings is 3. The first kappa shape index (κ1) is 28.4. The van der Waals surface area contributed by atoms with Crippen molar-refractivity contribution in [2.75, 3.05) is 23.7 Å². The molecule has 2 amide bonds. The summed E-state index contributed by atoms with van der Waals surface area (Å²) in [5, 5.41) is 2.93. The van der Waals surface area contributed by atoms with Gasteiger partial charge in [0.1, 0.15) is 12.6 Å². The van der Waals surface area contributed by atoms with Crippen LogP contribution in [0, 0.1) is 0 Å². The zero-order valence-corrected chi connectivity index (χ0v) is 23.4. The Balaban J connectivity index is 2.02. The minimum absolute atomic E-state index is 0.160. The molecule has 7 nitrogen and oxygen atoms in total. The third-order valence-corrected chi connectivity index (χ3v) is 7.43. The van der Waals surface area contributed by atoms with Crippen molar-refractivity contribution < 1.29 is 18.0 Å².